The molecule has 11 nitrogen and oxygen atoms in total. The maximum atomic E-state index is 13.4. The zero-order valence-electron chi connectivity index (χ0n) is 19.9. The van der Waals surface area contributed by atoms with Crippen molar-refractivity contribution in [2.24, 2.45) is 4.99 Å². The van der Waals surface area contributed by atoms with E-state index in [2.05, 4.69) is 15.5 Å². The Bertz CT molecular complexity index is 1310. The number of para-hydroxylation sites is 2. The summed E-state index contributed by atoms with van der Waals surface area (Å²) in [5, 5.41) is 6.59. The number of hydrogen-bond acceptors (Lipinski definition) is 10. The lowest BCUT2D eigenvalue weighted by molar-refractivity contribution is -0.0857. The van der Waals surface area contributed by atoms with Crippen molar-refractivity contribution in [2.45, 2.75) is 29.8 Å². The third-order valence-electron chi connectivity index (χ3n) is 7.44. The van der Waals surface area contributed by atoms with Crippen LogP contribution in [-0.4, -0.2) is 98.7 Å². The minimum atomic E-state index is -3.54. The molecule has 6 rings (SSSR count). The summed E-state index contributed by atoms with van der Waals surface area (Å²) >= 11 is 0. The fraction of sp³-hybridized carbons (Fsp3) is 0.565. The highest BCUT2D eigenvalue weighted by Gasteiger charge is 2.52. The van der Waals surface area contributed by atoms with Crippen LogP contribution in [0.5, 0.6) is 0 Å². The van der Waals surface area contributed by atoms with Gasteiger partial charge in [-0.25, -0.2) is 23.0 Å². The van der Waals surface area contributed by atoms with Gasteiger partial charge in [-0.1, -0.05) is 12.1 Å². The van der Waals surface area contributed by atoms with Crippen LogP contribution in [-0.2, 0) is 24.0 Å². The fourth-order valence-electron chi connectivity index (χ4n) is 5.57. The highest BCUT2D eigenvalue weighted by atomic mass is 32.2. The van der Waals surface area contributed by atoms with E-state index < -0.39 is 20.8 Å². The largest absolute Gasteiger partial charge is 0.491 e. The molecule has 0 radical (unpaired) electrons. The second-order valence-corrected chi connectivity index (χ2v) is 11.7. The number of aliphatic imine (C=N–C) groups is 1. The first-order chi connectivity index (χ1) is 16.9. The number of sulfone groups is 1. The lowest BCUT2D eigenvalue weighted by atomic mass is 9.92. The van der Waals surface area contributed by atoms with Crippen molar-refractivity contribution in [1.82, 2.24) is 19.8 Å². The van der Waals surface area contributed by atoms with E-state index >= 15 is 0 Å². The van der Waals surface area contributed by atoms with Crippen molar-refractivity contribution in [3.05, 3.63) is 35.7 Å². The monoisotopic (exact) mass is 502 g/mol. The van der Waals surface area contributed by atoms with Gasteiger partial charge in [0.25, 0.3) is 0 Å². The third-order valence-corrected chi connectivity index (χ3v) is 9.47. The summed E-state index contributed by atoms with van der Waals surface area (Å²) in [5.41, 5.74) is 2.23. The summed E-state index contributed by atoms with van der Waals surface area (Å²) < 4.78 is 45.1. The molecule has 12 heteroatoms. The third kappa shape index (κ3) is 3.53. The number of rotatable bonds is 3. The predicted molar refractivity (Wildman–Crippen MR) is 131 cm³/mol. The maximum Gasteiger partial charge on any atom is 0.212 e. The van der Waals surface area contributed by atoms with Crippen molar-refractivity contribution in [2.75, 3.05) is 58.2 Å². The van der Waals surface area contributed by atoms with Crippen LogP contribution < -0.4 is 10.6 Å². The first kappa shape index (κ1) is 22.8. The number of nitrogens with zero attached hydrogens (tertiary/aromatic N) is 4. The summed E-state index contributed by atoms with van der Waals surface area (Å²) in [6.45, 7) is 2.98. The topological polar surface area (TPSA) is 119 Å². The van der Waals surface area contributed by atoms with Gasteiger partial charge >= 0.3 is 0 Å². The molecule has 4 aliphatic rings. The van der Waals surface area contributed by atoms with E-state index in [0.717, 1.165) is 11.0 Å². The van der Waals surface area contributed by atoms with Crippen LogP contribution in [0.4, 0.5) is 5.95 Å². The number of ether oxygens (including phenoxy) is 3. The van der Waals surface area contributed by atoms with Crippen LogP contribution in [0.2, 0.25) is 0 Å². The molecule has 0 spiro atoms. The first-order valence-corrected chi connectivity index (χ1v) is 13.8. The van der Waals surface area contributed by atoms with E-state index in [0.29, 0.717) is 75.8 Å². The van der Waals surface area contributed by atoms with E-state index in [1.807, 2.05) is 35.9 Å². The Hall–Kier alpha value is -2.67. The summed E-state index contributed by atoms with van der Waals surface area (Å²) in [4.78, 5) is 12.1. The summed E-state index contributed by atoms with van der Waals surface area (Å²) in [5.74, 6) is 1.70. The molecular formula is C23H30N6O5S. The van der Waals surface area contributed by atoms with Crippen molar-refractivity contribution in [3.63, 3.8) is 0 Å². The zero-order chi connectivity index (χ0) is 24.2. The lowest BCUT2D eigenvalue weighted by Crippen LogP contribution is -2.61. The Morgan fingerprint density at radius 1 is 1.14 bits per heavy atom. The smallest absolute Gasteiger partial charge is 0.212 e. The molecule has 2 unspecified atom stereocenters. The molecule has 0 aliphatic carbocycles. The Kier molecular flexibility index (Phi) is 5.51. The lowest BCUT2D eigenvalue weighted by Gasteiger charge is -2.48. The standard InChI is InChI=1S/C23H30N6O5S/c1-24-21-25-16-5-3-4-6-17(16)29(21)22-26-19(23(35(2,30)31)7-10-32-11-8-23)18-20(27-22)28-9-12-33-13-15(28)14-34-18/h3-6,15,20H,7-14H2,1-2H3,(H,24,25)(H,26,27). The number of anilines is 1. The summed E-state index contributed by atoms with van der Waals surface area (Å²) in [7, 11) is -1.73. The SMILES string of the molecule is CNc1nc2ccccc2n1C1=NC2C(=C(C3(S(C)(=O)=O)CCOCC3)N1)OCC1COCCN12. The molecule has 3 saturated heterocycles. The quantitative estimate of drug-likeness (QED) is 0.627. The van der Waals surface area contributed by atoms with Crippen LogP contribution in [0.1, 0.15) is 12.8 Å². The molecule has 3 fully saturated rings. The molecule has 0 saturated carbocycles. The second-order valence-electron chi connectivity index (χ2n) is 9.36. The summed E-state index contributed by atoms with van der Waals surface area (Å²) in [6.07, 6.45) is 1.53. The van der Waals surface area contributed by atoms with Crippen molar-refractivity contribution < 1.29 is 22.6 Å². The number of benzene rings is 1. The van der Waals surface area contributed by atoms with Gasteiger partial charge in [0.1, 0.15) is 11.4 Å². The molecule has 0 amide bonds. The van der Waals surface area contributed by atoms with Crippen LogP contribution in [0, 0.1) is 0 Å². The van der Waals surface area contributed by atoms with E-state index in [-0.39, 0.29) is 6.04 Å². The van der Waals surface area contributed by atoms with Crippen molar-refractivity contribution in [3.8, 4) is 0 Å². The van der Waals surface area contributed by atoms with E-state index in [9.17, 15) is 8.42 Å². The van der Waals surface area contributed by atoms with Gasteiger partial charge in [0, 0.05) is 33.1 Å². The predicted octanol–water partition coefficient (Wildman–Crippen LogP) is 0.748. The number of hydrogen-bond donors (Lipinski definition) is 2. The minimum Gasteiger partial charge on any atom is -0.491 e. The fourth-order valence-corrected chi connectivity index (χ4v) is 7.00. The molecule has 2 N–H and O–H groups in total. The Labute approximate surface area is 204 Å². The zero-order valence-corrected chi connectivity index (χ0v) is 20.7. The number of fused-ring (bicyclic) bond motifs is 4. The molecular weight excluding hydrogens is 472 g/mol. The molecule has 1 aromatic carbocycles. The molecule has 2 aromatic rings. The molecule has 2 atom stereocenters. The molecule has 5 heterocycles. The number of imidazole rings is 1. The van der Waals surface area contributed by atoms with Gasteiger partial charge in [0.05, 0.1) is 36.0 Å². The number of morpholine rings is 2. The first-order valence-electron chi connectivity index (χ1n) is 11.9. The number of nitrogens with one attached hydrogen (secondary N) is 2. The van der Waals surface area contributed by atoms with Gasteiger partial charge in [0.2, 0.25) is 11.9 Å². The Balaban J connectivity index is 1.56. The highest BCUT2D eigenvalue weighted by molar-refractivity contribution is 7.92. The van der Waals surface area contributed by atoms with Crippen LogP contribution >= 0.6 is 0 Å². The normalized spacial score (nSPS) is 26.9. The van der Waals surface area contributed by atoms with Gasteiger partial charge in [-0.2, -0.15) is 0 Å². The Morgan fingerprint density at radius 2 is 1.94 bits per heavy atom. The van der Waals surface area contributed by atoms with Crippen LogP contribution in [0.3, 0.4) is 0 Å². The molecule has 35 heavy (non-hydrogen) atoms. The maximum absolute atomic E-state index is 13.4. The van der Waals surface area contributed by atoms with E-state index in [1.165, 1.54) is 6.26 Å². The van der Waals surface area contributed by atoms with Crippen LogP contribution in [0.15, 0.2) is 40.7 Å². The average Bonchev–Trinajstić information content (AvgIpc) is 3.26. The Morgan fingerprint density at radius 3 is 2.71 bits per heavy atom. The van der Waals surface area contributed by atoms with Crippen molar-refractivity contribution >= 4 is 32.8 Å². The second kappa shape index (κ2) is 8.47. The minimum absolute atomic E-state index is 0.0500. The average molecular weight is 503 g/mol. The molecule has 0 bridgehead atoms. The summed E-state index contributed by atoms with van der Waals surface area (Å²) in [6, 6.07) is 7.85. The van der Waals surface area contributed by atoms with E-state index in [1.54, 1.807) is 0 Å². The van der Waals surface area contributed by atoms with Crippen LogP contribution in [0.25, 0.3) is 11.0 Å². The highest BCUT2D eigenvalue weighted by Crippen LogP contribution is 2.41. The van der Waals surface area contributed by atoms with Gasteiger partial charge < -0.3 is 24.8 Å². The molecule has 188 valence electrons. The molecule has 4 aliphatic heterocycles. The van der Waals surface area contributed by atoms with Crippen molar-refractivity contribution in [1.29, 1.82) is 0 Å². The molecule has 1 aromatic heterocycles. The van der Waals surface area contributed by atoms with E-state index in [4.69, 9.17) is 24.2 Å². The van der Waals surface area contributed by atoms with Gasteiger partial charge in [0.15, 0.2) is 21.8 Å². The number of aromatic nitrogens is 2. The van der Waals surface area contributed by atoms with Gasteiger partial charge in [-0.15, -0.1) is 0 Å². The van der Waals surface area contributed by atoms with Gasteiger partial charge in [-0.3, -0.25) is 4.90 Å². The van der Waals surface area contributed by atoms with Gasteiger partial charge in [-0.05, 0) is 25.0 Å².